The number of amides is 3. The van der Waals surface area contributed by atoms with Gasteiger partial charge < -0.3 is 19.9 Å². The second-order valence-corrected chi connectivity index (χ2v) is 7.92. The van der Waals surface area contributed by atoms with Crippen LogP contribution in [0.3, 0.4) is 0 Å². The van der Waals surface area contributed by atoms with Crippen LogP contribution >= 0.6 is 15.9 Å². The number of piperidine rings is 1. The Kier molecular flexibility index (Phi) is 5.52. The average molecular weight is 444 g/mol. The van der Waals surface area contributed by atoms with Crippen LogP contribution in [0.2, 0.25) is 0 Å². The van der Waals surface area contributed by atoms with Crippen LogP contribution in [0, 0.1) is 0 Å². The predicted octanol–water partition coefficient (Wildman–Crippen LogP) is 4.64. The summed E-state index contributed by atoms with van der Waals surface area (Å²) in [5.41, 5.74) is 1.77. The number of carbonyl (C=O) groups excluding carboxylic acids is 2. The number of rotatable bonds is 3. The minimum atomic E-state index is -0.259. The van der Waals surface area contributed by atoms with E-state index in [1.807, 2.05) is 59.5 Å². The third-order valence-corrected chi connectivity index (χ3v) is 6.01. The molecule has 1 N–H and O–H groups in total. The van der Waals surface area contributed by atoms with Crippen LogP contribution in [0.1, 0.15) is 24.5 Å². The summed E-state index contributed by atoms with van der Waals surface area (Å²) in [6.07, 6.45) is 1.02. The number of cyclic esters (lactones) is 1. The Bertz CT molecular complexity index is 853. The molecule has 2 aliphatic rings. The van der Waals surface area contributed by atoms with Gasteiger partial charge in [0.15, 0.2) is 0 Å². The summed E-state index contributed by atoms with van der Waals surface area (Å²) in [5.74, 6) is 0. The summed E-state index contributed by atoms with van der Waals surface area (Å²) in [4.78, 5) is 28.5. The van der Waals surface area contributed by atoms with E-state index in [2.05, 4.69) is 21.2 Å². The zero-order chi connectivity index (χ0) is 19.5. The molecule has 1 unspecified atom stereocenters. The highest BCUT2D eigenvalue weighted by Crippen LogP contribution is 2.30. The lowest BCUT2D eigenvalue weighted by Crippen LogP contribution is -2.48. The van der Waals surface area contributed by atoms with Crippen molar-refractivity contribution in [3.8, 4) is 0 Å². The van der Waals surface area contributed by atoms with E-state index in [9.17, 15) is 9.59 Å². The summed E-state index contributed by atoms with van der Waals surface area (Å²) >= 11 is 3.44. The van der Waals surface area contributed by atoms with Gasteiger partial charge in [0, 0.05) is 23.6 Å². The van der Waals surface area contributed by atoms with E-state index >= 15 is 0 Å². The molecule has 2 fully saturated rings. The molecular formula is C21H22BrN3O3. The van der Waals surface area contributed by atoms with Crippen molar-refractivity contribution in [3.05, 3.63) is 64.6 Å². The topological polar surface area (TPSA) is 61.9 Å². The summed E-state index contributed by atoms with van der Waals surface area (Å²) < 4.78 is 6.42. The van der Waals surface area contributed by atoms with Crippen molar-refractivity contribution in [2.45, 2.75) is 25.0 Å². The Hall–Kier alpha value is -2.54. The number of hydrogen-bond acceptors (Lipinski definition) is 3. The van der Waals surface area contributed by atoms with Gasteiger partial charge in [0.1, 0.15) is 6.10 Å². The van der Waals surface area contributed by atoms with E-state index in [1.165, 1.54) is 0 Å². The Balaban J connectivity index is 1.32. The van der Waals surface area contributed by atoms with Crippen molar-refractivity contribution in [1.29, 1.82) is 0 Å². The molecule has 146 valence electrons. The lowest BCUT2D eigenvalue weighted by molar-refractivity contribution is 0.117. The third kappa shape index (κ3) is 3.99. The molecule has 6 nitrogen and oxygen atoms in total. The normalized spacial score (nSPS) is 20.2. The standard InChI is InChI=1S/C21H22BrN3O3/c22-17-8-4-5-9-18(17)23-20(26)24-12-10-16(11-13-24)25-14-19(28-21(25)27)15-6-2-1-3-7-15/h1-9,16,19H,10-14H2,(H,23,26). The van der Waals surface area contributed by atoms with Crippen LogP contribution in [0.4, 0.5) is 15.3 Å². The zero-order valence-electron chi connectivity index (χ0n) is 15.4. The van der Waals surface area contributed by atoms with Crippen molar-refractivity contribution in [1.82, 2.24) is 9.80 Å². The molecule has 2 aromatic carbocycles. The fraction of sp³-hybridized carbons (Fsp3) is 0.333. The van der Waals surface area contributed by atoms with Crippen molar-refractivity contribution in [2.75, 3.05) is 25.0 Å². The molecule has 0 spiro atoms. The maximum Gasteiger partial charge on any atom is 0.410 e. The van der Waals surface area contributed by atoms with E-state index in [0.717, 1.165) is 28.6 Å². The second kappa shape index (κ2) is 8.22. The third-order valence-electron chi connectivity index (χ3n) is 5.32. The van der Waals surface area contributed by atoms with Crippen LogP contribution in [0.5, 0.6) is 0 Å². The maximum atomic E-state index is 12.5. The fourth-order valence-corrected chi connectivity index (χ4v) is 4.14. The highest BCUT2D eigenvalue weighted by atomic mass is 79.9. The molecule has 0 radical (unpaired) electrons. The van der Waals surface area contributed by atoms with Gasteiger partial charge in [0.05, 0.1) is 12.2 Å². The van der Waals surface area contributed by atoms with E-state index in [0.29, 0.717) is 19.6 Å². The molecule has 0 bridgehead atoms. The van der Waals surface area contributed by atoms with Gasteiger partial charge in [-0.1, -0.05) is 42.5 Å². The quantitative estimate of drug-likeness (QED) is 0.751. The smallest absolute Gasteiger partial charge is 0.410 e. The second-order valence-electron chi connectivity index (χ2n) is 7.06. The Labute approximate surface area is 172 Å². The first-order chi connectivity index (χ1) is 13.6. The van der Waals surface area contributed by atoms with Gasteiger partial charge in [0.25, 0.3) is 0 Å². The number of para-hydroxylation sites is 1. The van der Waals surface area contributed by atoms with Gasteiger partial charge in [0.2, 0.25) is 0 Å². The molecule has 2 saturated heterocycles. The number of anilines is 1. The maximum absolute atomic E-state index is 12.5. The molecule has 2 aliphatic heterocycles. The lowest BCUT2D eigenvalue weighted by atomic mass is 10.0. The first-order valence-corrected chi connectivity index (χ1v) is 10.2. The van der Waals surface area contributed by atoms with Crippen molar-refractivity contribution in [2.24, 2.45) is 0 Å². The first-order valence-electron chi connectivity index (χ1n) is 9.44. The first kappa shape index (κ1) is 18.8. The number of benzene rings is 2. The Morgan fingerprint density at radius 3 is 2.43 bits per heavy atom. The van der Waals surface area contributed by atoms with Crippen LogP contribution in [0.25, 0.3) is 0 Å². The number of ether oxygens (including phenoxy) is 1. The molecule has 0 saturated carbocycles. The number of nitrogens with zero attached hydrogens (tertiary/aromatic N) is 2. The Morgan fingerprint density at radius 2 is 1.71 bits per heavy atom. The summed E-state index contributed by atoms with van der Waals surface area (Å²) in [5, 5.41) is 2.94. The molecule has 1 atom stereocenters. The van der Waals surface area contributed by atoms with Gasteiger partial charge in [-0.05, 0) is 46.5 Å². The monoisotopic (exact) mass is 443 g/mol. The molecule has 2 heterocycles. The van der Waals surface area contributed by atoms with Gasteiger partial charge in [-0.25, -0.2) is 9.59 Å². The van der Waals surface area contributed by atoms with E-state index in [1.54, 1.807) is 4.90 Å². The molecular weight excluding hydrogens is 422 g/mol. The minimum Gasteiger partial charge on any atom is -0.439 e. The van der Waals surface area contributed by atoms with Gasteiger partial charge in [-0.2, -0.15) is 0 Å². The van der Waals surface area contributed by atoms with Gasteiger partial charge in [-0.3, -0.25) is 0 Å². The number of hydrogen-bond donors (Lipinski definition) is 1. The number of likely N-dealkylation sites (tertiary alicyclic amines) is 1. The molecule has 7 heteroatoms. The molecule has 0 aliphatic carbocycles. The molecule has 0 aromatic heterocycles. The number of urea groups is 1. The Morgan fingerprint density at radius 1 is 1.04 bits per heavy atom. The van der Waals surface area contributed by atoms with Gasteiger partial charge in [-0.15, -0.1) is 0 Å². The van der Waals surface area contributed by atoms with Crippen molar-refractivity contribution < 1.29 is 14.3 Å². The van der Waals surface area contributed by atoms with E-state index in [4.69, 9.17) is 4.74 Å². The largest absolute Gasteiger partial charge is 0.439 e. The molecule has 28 heavy (non-hydrogen) atoms. The highest BCUT2D eigenvalue weighted by Gasteiger charge is 2.38. The van der Waals surface area contributed by atoms with Crippen LogP contribution < -0.4 is 5.32 Å². The van der Waals surface area contributed by atoms with Crippen molar-refractivity contribution in [3.63, 3.8) is 0 Å². The highest BCUT2D eigenvalue weighted by molar-refractivity contribution is 9.10. The predicted molar refractivity (Wildman–Crippen MR) is 110 cm³/mol. The average Bonchev–Trinajstić information content (AvgIpc) is 3.12. The summed E-state index contributed by atoms with van der Waals surface area (Å²) in [6.45, 7) is 1.79. The fourth-order valence-electron chi connectivity index (χ4n) is 3.76. The zero-order valence-corrected chi connectivity index (χ0v) is 17.0. The SMILES string of the molecule is O=C(Nc1ccccc1Br)N1CCC(N2CC(c3ccccc3)OC2=O)CC1. The van der Waals surface area contributed by atoms with E-state index < -0.39 is 0 Å². The summed E-state index contributed by atoms with van der Waals surface area (Å²) in [6, 6.07) is 17.4. The van der Waals surface area contributed by atoms with Crippen molar-refractivity contribution >= 4 is 33.7 Å². The number of nitrogens with one attached hydrogen (secondary N) is 1. The lowest BCUT2D eigenvalue weighted by Gasteiger charge is -2.35. The van der Waals surface area contributed by atoms with Gasteiger partial charge >= 0.3 is 12.1 Å². The van der Waals surface area contributed by atoms with Crippen LogP contribution in [-0.4, -0.2) is 47.6 Å². The van der Waals surface area contributed by atoms with Crippen LogP contribution in [-0.2, 0) is 4.74 Å². The van der Waals surface area contributed by atoms with E-state index in [-0.39, 0.29) is 24.3 Å². The molecule has 2 aromatic rings. The van der Waals surface area contributed by atoms with Crippen LogP contribution in [0.15, 0.2) is 59.1 Å². The minimum absolute atomic E-state index is 0.105. The number of halogens is 1. The number of carbonyl (C=O) groups is 2. The molecule has 4 rings (SSSR count). The summed E-state index contributed by atoms with van der Waals surface area (Å²) in [7, 11) is 0. The molecule has 3 amide bonds.